The van der Waals surface area contributed by atoms with Crippen LogP contribution in [0, 0.1) is 11.3 Å². The first-order valence-corrected chi connectivity index (χ1v) is 13.0. The fourth-order valence-electron chi connectivity index (χ4n) is 5.11. The van der Waals surface area contributed by atoms with E-state index in [1.807, 2.05) is 81.4 Å². The van der Waals surface area contributed by atoms with Crippen LogP contribution in [0.3, 0.4) is 0 Å². The highest BCUT2D eigenvalue weighted by atomic mass is 16.6. The van der Waals surface area contributed by atoms with Crippen LogP contribution in [0.4, 0.5) is 4.79 Å². The number of hydrogen-bond donors (Lipinski definition) is 0. The normalized spacial score (nSPS) is 15.5. The zero-order chi connectivity index (χ0) is 27.1. The number of rotatable bonds is 3. The molecule has 5 aromatic rings. The summed E-state index contributed by atoms with van der Waals surface area (Å²) in [6.45, 7) is 6.72. The Labute approximate surface area is 226 Å². The first-order valence-electron chi connectivity index (χ1n) is 13.0. The van der Waals surface area contributed by atoms with Gasteiger partial charge in [-0.1, -0.05) is 48.5 Å². The SMILES string of the molecule is CC(C)(C)OC(=O)N1CCC(c2ccnc3c(C#N)c(-c4ccc5ccc(-c6ccccc6)nc5c4)nn23)C1. The molecule has 4 heterocycles. The summed E-state index contributed by atoms with van der Waals surface area (Å²) in [7, 11) is 0. The van der Waals surface area contributed by atoms with Crippen molar-refractivity contribution in [1.29, 1.82) is 5.26 Å². The largest absolute Gasteiger partial charge is 0.444 e. The van der Waals surface area contributed by atoms with Crippen molar-refractivity contribution in [2.75, 3.05) is 13.1 Å². The molecule has 0 spiro atoms. The second-order valence-corrected chi connectivity index (χ2v) is 10.8. The Morgan fingerprint density at radius 2 is 1.85 bits per heavy atom. The summed E-state index contributed by atoms with van der Waals surface area (Å²) in [6.07, 6.45) is 2.17. The van der Waals surface area contributed by atoms with Crippen molar-refractivity contribution in [3.63, 3.8) is 0 Å². The fourth-order valence-corrected chi connectivity index (χ4v) is 5.11. The van der Waals surface area contributed by atoms with Gasteiger partial charge in [0.1, 0.15) is 22.9 Å². The third-order valence-electron chi connectivity index (χ3n) is 6.95. The second-order valence-electron chi connectivity index (χ2n) is 10.8. The molecule has 0 saturated carbocycles. The fraction of sp³-hybridized carbons (Fsp3) is 0.258. The van der Waals surface area contributed by atoms with Crippen LogP contribution in [0.25, 0.3) is 39.1 Å². The van der Waals surface area contributed by atoms with Crippen LogP contribution in [-0.4, -0.2) is 49.3 Å². The van der Waals surface area contributed by atoms with Crippen LogP contribution in [0.5, 0.6) is 0 Å². The number of hydrogen-bond acceptors (Lipinski definition) is 6. The quantitative estimate of drug-likeness (QED) is 0.283. The molecule has 0 N–H and O–H groups in total. The van der Waals surface area contributed by atoms with E-state index in [0.717, 1.165) is 39.8 Å². The van der Waals surface area contributed by atoms with Crippen molar-refractivity contribution in [3.8, 4) is 28.6 Å². The molecule has 8 nitrogen and oxygen atoms in total. The minimum absolute atomic E-state index is 0.0500. The van der Waals surface area contributed by atoms with E-state index < -0.39 is 5.60 Å². The number of carbonyl (C=O) groups is 1. The topological polar surface area (TPSA) is 96.4 Å². The second kappa shape index (κ2) is 9.52. The molecule has 39 heavy (non-hydrogen) atoms. The average molecular weight is 517 g/mol. The Bertz CT molecular complexity index is 1750. The predicted octanol–water partition coefficient (Wildman–Crippen LogP) is 6.21. The summed E-state index contributed by atoms with van der Waals surface area (Å²) in [6, 6.07) is 24.3. The average Bonchev–Trinajstić information content (AvgIpc) is 3.57. The summed E-state index contributed by atoms with van der Waals surface area (Å²) in [5.74, 6) is 0.0500. The Balaban J connectivity index is 1.37. The van der Waals surface area contributed by atoms with Gasteiger partial charge in [-0.2, -0.15) is 10.4 Å². The molecule has 0 aliphatic carbocycles. The van der Waals surface area contributed by atoms with Gasteiger partial charge in [-0.15, -0.1) is 0 Å². The van der Waals surface area contributed by atoms with Crippen molar-refractivity contribution in [3.05, 3.63) is 84.2 Å². The van der Waals surface area contributed by atoms with Crippen molar-refractivity contribution in [2.24, 2.45) is 0 Å². The Hall–Kier alpha value is -4.77. The van der Waals surface area contributed by atoms with Gasteiger partial charge in [-0.3, -0.25) is 0 Å². The first kappa shape index (κ1) is 24.6. The van der Waals surface area contributed by atoms with E-state index in [9.17, 15) is 10.1 Å². The molecule has 1 amide bonds. The van der Waals surface area contributed by atoms with Crippen LogP contribution < -0.4 is 0 Å². The van der Waals surface area contributed by atoms with Crippen molar-refractivity contribution in [1.82, 2.24) is 24.5 Å². The van der Waals surface area contributed by atoms with Crippen molar-refractivity contribution in [2.45, 2.75) is 38.7 Å². The minimum Gasteiger partial charge on any atom is -0.444 e. The number of benzene rings is 2. The van der Waals surface area contributed by atoms with E-state index in [1.54, 1.807) is 15.6 Å². The van der Waals surface area contributed by atoms with Crippen molar-refractivity contribution < 1.29 is 9.53 Å². The van der Waals surface area contributed by atoms with Crippen LogP contribution >= 0.6 is 0 Å². The molecular formula is C31H28N6O2. The number of pyridine rings is 1. The van der Waals surface area contributed by atoms with Gasteiger partial charge >= 0.3 is 6.09 Å². The summed E-state index contributed by atoms with van der Waals surface area (Å²) < 4.78 is 7.33. The standard InChI is InChI=1S/C31H28N6O2/c1-31(2,3)39-30(38)36-16-14-23(19-36)27-13-15-33-29-24(18-32)28(35-37(27)29)22-10-9-21-11-12-25(34-26(21)17-22)20-7-5-4-6-8-20/h4-13,15,17,23H,14,16,19H2,1-3H3. The number of nitriles is 1. The molecule has 1 aliphatic rings. The number of amides is 1. The van der Waals surface area contributed by atoms with Gasteiger partial charge in [0.2, 0.25) is 0 Å². The third kappa shape index (κ3) is 4.68. The maximum Gasteiger partial charge on any atom is 0.410 e. The zero-order valence-electron chi connectivity index (χ0n) is 22.1. The molecule has 8 heteroatoms. The summed E-state index contributed by atoms with van der Waals surface area (Å²) in [5, 5.41) is 16.0. The van der Waals surface area contributed by atoms with Gasteiger partial charge in [0.05, 0.1) is 16.9 Å². The number of fused-ring (bicyclic) bond motifs is 2. The van der Waals surface area contributed by atoms with E-state index in [0.29, 0.717) is 30.0 Å². The molecule has 0 radical (unpaired) electrons. The molecule has 1 fully saturated rings. The van der Waals surface area contributed by atoms with Crippen molar-refractivity contribution >= 4 is 22.6 Å². The van der Waals surface area contributed by atoms with Crippen LogP contribution in [-0.2, 0) is 4.74 Å². The maximum absolute atomic E-state index is 12.6. The predicted molar refractivity (Wildman–Crippen MR) is 149 cm³/mol. The Morgan fingerprint density at radius 3 is 2.62 bits per heavy atom. The highest BCUT2D eigenvalue weighted by Gasteiger charge is 2.32. The summed E-state index contributed by atoms with van der Waals surface area (Å²) >= 11 is 0. The van der Waals surface area contributed by atoms with E-state index in [1.165, 1.54) is 0 Å². The molecule has 0 bridgehead atoms. The summed E-state index contributed by atoms with van der Waals surface area (Å²) in [5.41, 5.74) is 5.41. The maximum atomic E-state index is 12.6. The van der Waals surface area contributed by atoms with Gasteiger partial charge in [-0.25, -0.2) is 19.3 Å². The molecule has 1 atom stereocenters. The molecule has 1 saturated heterocycles. The van der Waals surface area contributed by atoms with Gasteiger partial charge in [0, 0.05) is 41.7 Å². The number of ether oxygens (including phenoxy) is 1. The lowest BCUT2D eigenvalue weighted by Crippen LogP contribution is -2.35. The van der Waals surface area contributed by atoms with E-state index in [4.69, 9.17) is 14.8 Å². The van der Waals surface area contributed by atoms with Gasteiger partial charge in [-0.05, 0) is 45.4 Å². The highest BCUT2D eigenvalue weighted by molar-refractivity contribution is 5.87. The molecule has 1 unspecified atom stereocenters. The van der Waals surface area contributed by atoms with Crippen LogP contribution in [0.15, 0.2) is 72.9 Å². The Morgan fingerprint density at radius 1 is 1.05 bits per heavy atom. The third-order valence-corrected chi connectivity index (χ3v) is 6.95. The lowest BCUT2D eigenvalue weighted by molar-refractivity contribution is 0.0292. The highest BCUT2D eigenvalue weighted by Crippen LogP contribution is 2.33. The monoisotopic (exact) mass is 516 g/mol. The van der Waals surface area contributed by atoms with E-state index in [2.05, 4.69) is 17.1 Å². The number of likely N-dealkylation sites (tertiary alicyclic amines) is 1. The van der Waals surface area contributed by atoms with E-state index in [-0.39, 0.29) is 12.0 Å². The minimum atomic E-state index is -0.547. The summed E-state index contributed by atoms with van der Waals surface area (Å²) in [4.78, 5) is 23.8. The number of aromatic nitrogens is 4. The smallest absolute Gasteiger partial charge is 0.410 e. The molecular weight excluding hydrogens is 488 g/mol. The van der Waals surface area contributed by atoms with Gasteiger partial charge in [0.15, 0.2) is 5.65 Å². The number of carbonyl (C=O) groups excluding carboxylic acids is 1. The Kier molecular flexibility index (Phi) is 5.99. The molecule has 6 rings (SSSR count). The van der Waals surface area contributed by atoms with E-state index >= 15 is 0 Å². The lowest BCUT2D eigenvalue weighted by Gasteiger charge is -2.24. The zero-order valence-corrected chi connectivity index (χ0v) is 22.1. The number of nitrogens with zero attached hydrogens (tertiary/aromatic N) is 6. The lowest BCUT2D eigenvalue weighted by atomic mass is 10.0. The van der Waals surface area contributed by atoms with Crippen LogP contribution in [0.1, 0.15) is 44.4 Å². The molecule has 194 valence electrons. The molecule has 3 aromatic heterocycles. The molecule has 1 aliphatic heterocycles. The van der Waals surface area contributed by atoms with Crippen LogP contribution in [0.2, 0.25) is 0 Å². The van der Waals surface area contributed by atoms with Gasteiger partial charge < -0.3 is 9.64 Å². The first-order chi connectivity index (χ1) is 18.8. The van der Waals surface area contributed by atoms with Gasteiger partial charge in [0.25, 0.3) is 0 Å². The molecule has 2 aromatic carbocycles.